The van der Waals surface area contributed by atoms with E-state index in [1.54, 1.807) is 19.5 Å². The highest BCUT2D eigenvalue weighted by atomic mass is 16.5. The Hall–Kier alpha value is -3.88. The molecular formula is C23H25N5O4. The Morgan fingerprint density at radius 3 is 2.78 bits per heavy atom. The number of imide groups is 1. The molecule has 1 aromatic heterocycles. The SMILES string of the molecule is COc1ccccc1CN1C(=O)N[C@H](CCC(=O)NCCn2cnc3ccccc32)C1=O. The van der Waals surface area contributed by atoms with E-state index in [4.69, 9.17) is 4.74 Å². The fraction of sp³-hybridized carbons (Fsp3) is 0.304. The molecule has 4 rings (SSSR count). The van der Waals surface area contributed by atoms with E-state index in [2.05, 4.69) is 15.6 Å². The lowest BCUT2D eigenvalue weighted by molar-refractivity contribution is -0.128. The predicted octanol–water partition coefficient (Wildman–Crippen LogP) is 2.06. The van der Waals surface area contributed by atoms with Gasteiger partial charge in [0.25, 0.3) is 5.91 Å². The maximum absolute atomic E-state index is 12.7. The highest BCUT2D eigenvalue weighted by molar-refractivity contribution is 6.04. The summed E-state index contributed by atoms with van der Waals surface area (Å²) in [6.45, 7) is 1.17. The van der Waals surface area contributed by atoms with Crippen molar-refractivity contribution in [2.24, 2.45) is 0 Å². The van der Waals surface area contributed by atoms with Crippen LogP contribution in [0.3, 0.4) is 0 Å². The van der Waals surface area contributed by atoms with Crippen molar-refractivity contribution in [1.29, 1.82) is 0 Å². The van der Waals surface area contributed by atoms with Gasteiger partial charge in [0.2, 0.25) is 5.91 Å². The second-order valence-electron chi connectivity index (χ2n) is 7.55. The molecule has 32 heavy (non-hydrogen) atoms. The van der Waals surface area contributed by atoms with Crippen molar-refractivity contribution >= 4 is 28.9 Å². The Bertz CT molecular complexity index is 1140. The molecule has 2 N–H and O–H groups in total. The van der Waals surface area contributed by atoms with Crippen LogP contribution in [-0.4, -0.2) is 52.0 Å². The van der Waals surface area contributed by atoms with Crippen molar-refractivity contribution in [2.45, 2.75) is 32.0 Å². The molecule has 0 radical (unpaired) electrons. The third-order valence-corrected chi connectivity index (χ3v) is 5.49. The number of para-hydroxylation sites is 3. The van der Waals surface area contributed by atoms with Gasteiger partial charge in [0.1, 0.15) is 11.8 Å². The topological polar surface area (TPSA) is 106 Å². The molecule has 1 aliphatic heterocycles. The van der Waals surface area contributed by atoms with E-state index in [9.17, 15) is 14.4 Å². The Labute approximate surface area is 185 Å². The first-order valence-electron chi connectivity index (χ1n) is 10.5. The summed E-state index contributed by atoms with van der Waals surface area (Å²) in [5.41, 5.74) is 2.66. The van der Waals surface area contributed by atoms with Crippen LogP contribution < -0.4 is 15.4 Å². The maximum atomic E-state index is 12.7. The van der Waals surface area contributed by atoms with Gasteiger partial charge in [-0.25, -0.2) is 9.78 Å². The number of aromatic nitrogens is 2. The Kier molecular flexibility index (Phi) is 6.34. The number of nitrogens with one attached hydrogen (secondary N) is 2. The third kappa shape index (κ3) is 4.56. The van der Waals surface area contributed by atoms with Crippen LogP contribution in [0.5, 0.6) is 5.75 Å². The second kappa shape index (κ2) is 9.51. The second-order valence-corrected chi connectivity index (χ2v) is 7.55. The van der Waals surface area contributed by atoms with Gasteiger partial charge in [-0.15, -0.1) is 0 Å². The fourth-order valence-electron chi connectivity index (χ4n) is 3.79. The number of imidazole rings is 1. The minimum Gasteiger partial charge on any atom is -0.496 e. The van der Waals surface area contributed by atoms with Gasteiger partial charge in [0.15, 0.2) is 0 Å². The van der Waals surface area contributed by atoms with Crippen molar-refractivity contribution in [3.8, 4) is 5.75 Å². The number of benzene rings is 2. The van der Waals surface area contributed by atoms with Crippen LogP contribution in [0.2, 0.25) is 0 Å². The Morgan fingerprint density at radius 1 is 1.16 bits per heavy atom. The Balaban J connectivity index is 1.25. The number of amides is 4. The van der Waals surface area contributed by atoms with Crippen LogP contribution in [0.15, 0.2) is 54.9 Å². The van der Waals surface area contributed by atoms with Gasteiger partial charge >= 0.3 is 6.03 Å². The standard InChI is InChI=1S/C23H25N5O4/c1-32-20-9-5-2-6-16(20)14-28-22(30)18(26-23(28)31)10-11-21(29)24-12-13-27-15-25-17-7-3-4-8-19(17)27/h2-9,15,18H,10-14H2,1H3,(H,24,29)(H,26,31)/t18-/m1/s1. The van der Waals surface area contributed by atoms with E-state index in [1.807, 2.05) is 47.0 Å². The number of ether oxygens (including phenoxy) is 1. The zero-order valence-electron chi connectivity index (χ0n) is 17.8. The first-order valence-corrected chi connectivity index (χ1v) is 10.5. The average Bonchev–Trinajstić information content (AvgIpc) is 3.34. The van der Waals surface area contributed by atoms with Crippen molar-refractivity contribution in [3.05, 3.63) is 60.4 Å². The number of fused-ring (bicyclic) bond motifs is 1. The van der Waals surface area contributed by atoms with E-state index in [-0.39, 0.29) is 31.2 Å². The van der Waals surface area contributed by atoms with Gasteiger partial charge in [-0.1, -0.05) is 30.3 Å². The molecule has 9 nitrogen and oxygen atoms in total. The molecule has 0 saturated carbocycles. The lowest BCUT2D eigenvalue weighted by Crippen LogP contribution is -2.33. The summed E-state index contributed by atoms with van der Waals surface area (Å²) in [6, 6.07) is 13.9. The predicted molar refractivity (Wildman–Crippen MR) is 118 cm³/mol. The van der Waals surface area contributed by atoms with Gasteiger partial charge in [-0.2, -0.15) is 0 Å². The molecule has 4 amide bonds. The fourth-order valence-corrected chi connectivity index (χ4v) is 3.79. The highest BCUT2D eigenvalue weighted by Gasteiger charge is 2.38. The van der Waals surface area contributed by atoms with Gasteiger partial charge < -0.3 is 19.9 Å². The van der Waals surface area contributed by atoms with Crippen molar-refractivity contribution < 1.29 is 19.1 Å². The molecule has 0 unspecified atom stereocenters. The van der Waals surface area contributed by atoms with Crippen LogP contribution in [0.1, 0.15) is 18.4 Å². The summed E-state index contributed by atoms with van der Waals surface area (Å²) in [4.78, 5) is 42.7. The molecule has 2 aromatic carbocycles. The lowest BCUT2D eigenvalue weighted by Gasteiger charge is -2.15. The molecule has 0 aliphatic carbocycles. The summed E-state index contributed by atoms with van der Waals surface area (Å²) < 4.78 is 7.27. The van der Waals surface area contributed by atoms with Gasteiger partial charge in [0, 0.05) is 25.1 Å². The van der Waals surface area contributed by atoms with Crippen LogP contribution >= 0.6 is 0 Å². The first kappa shape index (κ1) is 21.4. The minimum absolute atomic E-state index is 0.121. The highest BCUT2D eigenvalue weighted by Crippen LogP contribution is 2.22. The normalized spacial score (nSPS) is 15.8. The van der Waals surface area contributed by atoms with Crippen LogP contribution in [0.4, 0.5) is 4.79 Å². The monoisotopic (exact) mass is 435 g/mol. The molecule has 166 valence electrons. The zero-order valence-corrected chi connectivity index (χ0v) is 17.8. The van der Waals surface area contributed by atoms with E-state index < -0.39 is 12.1 Å². The van der Waals surface area contributed by atoms with Crippen LogP contribution in [0, 0.1) is 0 Å². The molecule has 1 saturated heterocycles. The first-order chi connectivity index (χ1) is 15.6. The third-order valence-electron chi connectivity index (χ3n) is 5.49. The van der Waals surface area contributed by atoms with Crippen molar-refractivity contribution in [2.75, 3.05) is 13.7 Å². The molecule has 9 heteroatoms. The maximum Gasteiger partial charge on any atom is 0.325 e. The Morgan fingerprint density at radius 2 is 1.94 bits per heavy atom. The zero-order chi connectivity index (χ0) is 22.5. The molecule has 0 bridgehead atoms. The summed E-state index contributed by atoms with van der Waals surface area (Å²) in [5.74, 6) is 0.111. The number of hydrogen-bond donors (Lipinski definition) is 2. The average molecular weight is 435 g/mol. The molecule has 2 heterocycles. The van der Waals surface area contributed by atoms with Crippen LogP contribution in [-0.2, 0) is 22.7 Å². The molecule has 3 aromatic rings. The molecular weight excluding hydrogens is 410 g/mol. The molecule has 1 aliphatic rings. The summed E-state index contributed by atoms with van der Waals surface area (Å²) in [6.07, 6.45) is 2.14. The number of nitrogens with zero attached hydrogens (tertiary/aromatic N) is 3. The number of methoxy groups -OCH3 is 1. The summed E-state index contributed by atoms with van der Waals surface area (Å²) >= 11 is 0. The number of hydrogen-bond acceptors (Lipinski definition) is 5. The lowest BCUT2D eigenvalue weighted by atomic mass is 10.1. The summed E-state index contributed by atoms with van der Waals surface area (Å²) in [5, 5.41) is 5.53. The van der Waals surface area contributed by atoms with E-state index in [1.165, 1.54) is 0 Å². The van der Waals surface area contributed by atoms with Crippen molar-refractivity contribution in [3.63, 3.8) is 0 Å². The van der Waals surface area contributed by atoms with Crippen molar-refractivity contribution in [1.82, 2.24) is 25.1 Å². The van der Waals surface area contributed by atoms with E-state index >= 15 is 0 Å². The van der Waals surface area contributed by atoms with Crippen LogP contribution in [0.25, 0.3) is 11.0 Å². The van der Waals surface area contributed by atoms with E-state index in [0.717, 1.165) is 21.5 Å². The molecule has 1 atom stereocenters. The molecule has 1 fully saturated rings. The number of rotatable bonds is 9. The minimum atomic E-state index is -0.708. The number of carbonyl (C=O) groups excluding carboxylic acids is 3. The summed E-state index contributed by atoms with van der Waals surface area (Å²) in [7, 11) is 1.54. The molecule has 0 spiro atoms. The number of urea groups is 1. The van der Waals surface area contributed by atoms with Gasteiger partial charge in [0.05, 0.1) is 31.0 Å². The largest absolute Gasteiger partial charge is 0.496 e. The quantitative estimate of drug-likeness (QED) is 0.501. The smallest absolute Gasteiger partial charge is 0.325 e. The van der Waals surface area contributed by atoms with E-state index in [0.29, 0.717) is 18.8 Å². The number of carbonyl (C=O) groups is 3. The van der Waals surface area contributed by atoms with Gasteiger partial charge in [-0.05, 0) is 24.6 Å². The van der Waals surface area contributed by atoms with Gasteiger partial charge in [-0.3, -0.25) is 14.5 Å².